The van der Waals surface area contributed by atoms with E-state index in [0.29, 0.717) is 16.5 Å². The van der Waals surface area contributed by atoms with Gasteiger partial charge >= 0.3 is 0 Å². The zero-order valence-electron chi connectivity index (χ0n) is 11.0. The van der Waals surface area contributed by atoms with Gasteiger partial charge in [-0.05, 0) is 42.4 Å². The molecule has 8 nitrogen and oxygen atoms in total. The van der Waals surface area contributed by atoms with E-state index < -0.39 is 16.4 Å². The van der Waals surface area contributed by atoms with E-state index in [-0.39, 0.29) is 10.6 Å². The SMILES string of the molecule is O=[N+]([O-])c1cc(Cl)cc(/C=N\n2c(C3CC3)n[nH]c2=S)c1[O-]. The van der Waals surface area contributed by atoms with Crippen LogP contribution in [0.1, 0.15) is 30.1 Å². The summed E-state index contributed by atoms with van der Waals surface area (Å²) in [5, 5.41) is 33.8. The minimum Gasteiger partial charge on any atom is -0.867 e. The summed E-state index contributed by atoms with van der Waals surface area (Å²) in [6.07, 6.45) is 3.22. The minimum atomic E-state index is -0.773. The van der Waals surface area contributed by atoms with Crippen LogP contribution in [0.5, 0.6) is 5.75 Å². The largest absolute Gasteiger partial charge is 0.867 e. The zero-order valence-corrected chi connectivity index (χ0v) is 12.6. The maximum atomic E-state index is 12.0. The molecule has 0 unspecified atom stereocenters. The molecule has 0 spiro atoms. The predicted molar refractivity (Wildman–Crippen MR) is 79.9 cm³/mol. The van der Waals surface area contributed by atoms with Crippen molar-refractivity contribution in [2.75, 3.05) is 0 Å². The van der Waals surface area contributed by atoms with Gasteiger partial charge in [-0.25, -0.2) is 0 Å². The Morgan fingerprint density at radius 3 is 2.91 bits per heavy atom. The van der Waals surface area contributed by atoms with Crippen LogP contribution in [0, 0.1) is 14.9 Å². The van der Waals surface area contributed by atoms with Gasteiger partial charge in [0.1, 0.15) is 0 Å². The maximum Gasteiger partial charge on any atom is 0.263 e. The number of hydrogen-bond donors (Lipinski definition) is 1. The quantitative estimate of drug-likeness (QED) is 0.398. The fourth-order valence-corrected chi connectivity index (χ4v) is 2.38. The topological polar surface area (TPSA) is 112 Å². The number of nitrogens with one attached hydrogen (secondary N) is 1. The molecule has 0 amide bonds. The van der Waals surface area contributed by atoms with E-state index >= 15 is 0 Å². The van der Waals surface area contributed by atoms with Crippen molar-refractivity contribution >= 4 is 35.7 Å². The fraction of sp³-hybridized carbons (Fsp3) is 0.250. The minimum absolute atomic E-state index is 0.0176. The van der Waals surface area contributed by atoms with Gasteiger partial charge in [0.2, 0.25) is 4.77 Å². The summed E-state index contributed by atoms with van der Waals surface area (Å²) in [6.45, 7) is 0. The number of H-pyrrole nitrogens is 1. The molecule has 1 N–H and O–H groups in total. The van der Waals surface area contributed by atoms with Crippen LogP contribution < -0.4 is 5.11 Å². The van der Waals surface area contributed by atoms with E-state index in [0.717, 1.165) is 18.9 Å². The van der Waals surface area contributed by atoms with Gasteiger partial charge in [0.25, 0.3) is 5.69 Å². The van der Waals surface area contributed by atoms with Crippen molar-refractivity contribution in [2.45, 2.75) is 18.8 Å². The van der Waals surface area contributed by atoms with E-state index in [4.69, 9.17) is 23.8 Å². The molecule has 1 aliphatic rings. The van der Waals surface area contributed by atoms with E-state index in [1.165, 1.54) is 17.0 Å². The zero-order chi connectivity index (χ0) is 15.9. The van der Waals surface area contributed by atoms with Gasteiger partial charge in [-0.3, -0.25) is 15.2 Å². The van der Waals surface area contributed by atoms with Crippen molar-refractivity contribution < 1.29 is 10.0 Å². The standard InChI is InChI=1S/C12H10ClN5O3S/c13-8-3-7(10(19)9(4-8)18(20)21)5-14-17-11(6-1-2-6)15-16-12(17)22/h3-6,19H,1-2H2,(H,16,22)/p-1/b14-5-. The third-order valence-corrected chi connectivity index (χ3v) is 3.67. The Morgan fingerprint density at radius 1 is 1.55 bits per heavy atom. The highest BCUT2D eigenvalue weighted by Gasteiger charge is 2.29. The van der Waals surface area contributed by atoms with Crippen LogP contribution in [0.25, 0.3) is 0 Å². The highest BCUT2D eigenvalue weighted by molar-refractivity contribution is 7.71. The normalized spacial score (nSPS) is 14.6. The average Bonchev–Trinajstić information content (AvgIpc) is 3.24. The number of nitrogens with zero attached hydrogens (tertiary/aromatic N) is 4. The Bertz CT molecular complexity index is 840. The van der Waals surface area contributed by atoms with Crippen molar-refractivity contribution in [1.82, 2.24) is 14.9 Å². The summed E-state index contributed by atoms with van der Waals surface area (Å²) < 4.78 is 1.71. The first kappa shape index (κ1) is 14.7. The molecule has 1 fully saturated rings. The molecule has 0 radical (unpaired) electrons. The predicted octanol–water partition coefficient (Wildman–Crippen LogP) is 2.34. The van der Waals surface area contributed by atoms with Gasteiger partial charge in [0.05, 0.1) is 11.1 Å². The molecule has 0 bridgehead atoms. The lowest BCUT2D eigenvalue weighted by atomic mass is 10.2. The maximum absolute atomic E-state index is 12.0. The first-order valence-electron chi connectivity index (χ1n) is 6.34. The molecule has 1 aliphatic carbocycles. The Balaban J connectivity index is 2.01. The molecule has 10 heteroatoms. The third-order valence-electron chi connectivity index (χ3n) is 3.19. The monoisotopic (exact) mass is 338 g/mol. The smallest absolute Gasteiger partial charge is 0.263 e. The summed E-state index contributed by atoms with van der Waals surface area (Å²) in [4.78, 5) is 10.1. The first-order valence-corrected chi connectivity index (χ1v) is 7.12. The number of nitro groups is 1. The molecule has 1 heterocycles. The Hall–Kier alpha value is -2.26. The molecule has 1 aromatic carbocycles. The number of rotatable bonds is 4. The van der Waals surface area contributed by atoms with E-state index in [1.54, 1.807) is 0 Å². The van der Waals surface area contributed by atoms with Crippen molar-refractivity contribution in [3.05, 3.63) is 43.4 Å². The molecular weight excluding hydrogens is 330 g/mol. The molecule has 22 heavy (non-hydrogen) atoms. The Labute approximate surface area is 134 Å². The van der Waals surface area contributed by atoms with Crippen molar-refractivity contribution in [2.24, 2.45) is 5.10 Å². The molecule has 0 atom stereocenters. The highest BCUT2D eigenvalue weighted by Crippen LogP contribution is 2.38. The molecule has 0 saturated heterocycles. The number of nitro benzene ring substituents is 1. The Kier molecular flexibility index (Phi) is 3.67. The summed E-state index contributed by atoms with van der Waals surface area (Å²) in [5.74, 6) is 0.233. The lowest BCUT2D eigenvalue weighted by Gasteiger charge is -2.10. The molecule has 1 aromatic heterocycles. The summed E-state index contributed by atoms with van der Waals surface area (Å²) in [6, 6.07) is 2.33. The highest BCUT2D eigenvalue weighted by atomic mass is 35.5. The molecule has 114 valence electrons. The summed E-state index contributed by atoms with van der Waals surface area (Å²) in [7, 11) is 0. The van der Waals surface area contributed by atoms with Crippen LogP contribution in [-0.2, 0) is 0 Å². The fourth-order valence-electron chi connectivity index (χ4n) is 1.97. The van der Waals surface area contributed by atoms with Gasteiger partial charge < -0.3 is 5.11 Å². The number of benzene rings is 1. The molecule has 3 rings (SSSR count). The van der Waals surface area contributed by atoms with Crippen LogP contribution in [-0.4, -0.2) is 26.0 Å². The molecule has 1 saturated carbocycles. The number of aromatic nitrogens is 3. The van der Waals surface area contributed by atoms with Crippen LogP contribution >= 0.6 is 23.8 Å². The van der Waals surface area contributed by atoms with E-state index in [1.807, 2.05) is 0 Å². The lowest BCUT2D eigenvalue weighted by molar-refractivity contribution is -0.398. The van der Waals surface area contributed by atoms with Crippen molar-refractivity contribution in [3.63, 3.8) is 0 Å². The van der Waals surface area contributed by atoms with Crippen molar-refractivity contribution in [1.29, 1.82) is 0 Å². The number of hydrogen-bond acceptors (Lipinski definition) is 6. The Morgan fingerprint density at radius 2 is 2.27 bits per heavy atom. The van der Waals surface area contributed by atoms with Gasteiger partial charge in [0, 0.05) is 17.0 Å². The van der Waals surface area contributed by atoms with Crippen LogP contribution in [0.4, 0.5) is 5.69 Å². The van der Waals surface area contributed by atoms with Gasteiger partial charge in [0.15, 0.2) is 5.82 Å². The second-order valence-electron chi connectivity index (χ2n) is 4.82. The number of aromatic amines is 1. The third kappa shape index (κ3) is 2.72. The molecule has 0 aliphatic heterocycles. The van der Waals surface area contributed by atoms with E-state index in [9.17, 15) is 15.2 Å². The lowest BCUT2D eigenvalue weighted by Crippen LogP contribution is -2.03. The second kappa shape index (κ2) is 5.50. The van der Waals surface area contributed by atoms with Crippen LogP contribution in [0.3, 0.4) is 0 Å². The van der Waals surface area contributed by atoms with Gasteiger partial charge in [-0.1, -0.05) is 11.6 Å². The van der Waals surface area contributed by atoms with Crippen LogP contribution in [0.2, 0.25) is 5.02 Å². The van der Waals surface area contributed by atoms with Gasteiger partial charge in [-0.15, -0.1) is 0 Å². The van der Waals surface area contributed by atoms with Gasteiger partial charge in [-0.2, -0.15) is 14.9 Å². The molecular formula is C12H9ClN5O3S-. The second-order valence-corrected chi connectivity index (χ2v) is 5.64. The summed E-state index contributed by atoms with van der Waals surface area (Å²) in [5.41, 5.74) is -0.573. The van der Waals surface area contributed by atoms with E-state index in [2.05, 4.69) is 15.3 Å². The van der Waals surface area contributed by atoms with Crippen molar-refractivity contribution in [3.8, 4) is 5.75 Å². The van der Waals surface area contributed by atoms with Crippen LogP contribution in [0.15, 0.2) is 17.2 Å². The first-order chi connectivity index (χ1) is 10.5. The number of halogens is 1. The molecule has 2 aromatic rings. The average molecular weight is 339 g/mol. The summed E-state index contributed by atoms with van der Waals surface area (Å²) >= 11 is 10.9.